The fourth-order valence-electron chi connectivity index (χ4n) is 3.33. The van der Waals surface area contributed by atoms with E-state index in [2.05, 4.69) is 4.72 Å². The maximum Gasteiger partial charge on any atom is 0.242 e. The van der Waals surface area contributed by atoms with E-state index in [4.69, 9.17) is 11.6 Å². The maximum atomic E-state index is 13.6. The van der Waals surface area contributed by atoms with Crippen LogP contribution < -0.4 is 9.62 Å². The van der Waals surface area contributed by atoms with Crippen LogP contribution in [0.2, 0.25) is 5.02 Å². The molecule has 0 aliphatic carbocycles. The van der Waals surface area contributed by atoms with E-state index in [1.54, 1.807) is 17.0 Å². The fourth-order valence-corrected chi connectivity index (χ4v) is 6.14. The zero-order chi connectivity index (χ0) is 21.8. The number of rotatable bonds is 9. The molecule has 0 spiro atoms. The Kier molecular flexibility index (Phi) is 7.38. The summed E-state index contributed by atoms with van der Waals surface area (Å²) in [5.41, 5.74) is 1.26. The SMILES string of the molecule is O=S(=O)(CCNS(=O)(=O)c1cc(Cl)ccc1N1CCC(F)C1)CCc1ccccc1. The Morgan fingerprint density at radius 1 is 1.07 bits per heavy atom. The first-order valence-electron chi connectivity index (χ1n) is 9.59. The lowest BCUT2D eigenvalue weighted by atomic mass is 10.2. The zero-order valence-electron chi connectivity index (χ0n) is 16.3. The Labute approximate surface area is 182 Å². The highest BCUT2D eigenvalue weighted by Crippen LogP contribution is 2.31. The summed E-state index contributed by atoms with van der Waals surface area (Å²) in [4.78, 5) is 1.58. The third-order valence-electron chi connectivity index (χ3n) is 4.93. The van der Waals surface area contributed by atoms with E-state index in [-0.39, 0.29) is 34.5 Å². The Bertz CT molecular complexity index is 1080. The number of aryl methyl sites for hydroxylation is 1. The first-order valence-corrected chi connectivity index (χ1v) is 13.3. The molecular weight excluding hydrogens is 451 g/mol. The van der Waals surface area contributed by atoms with Crippen LogP contribution >= 0.6 is 11.6 Å². The summed E-state index contributed by atoms with van der Waals surface area (Å²) in [6.45, 7) is 0.258. The molecule has 1 unspecified atom stereocenters. The van der Waals surface area contributed by atoms with Gasteiger partial charge < -0.3 is 4.90 Å². The minimum Gasteiger partial charge on any atom is -0.367 e. The molecule has 1 heterocycles. The van der Waals surface area contributed by atoms with Crippen molar-refractivity contribution in [3.63, 3.8) is 0 Å². The molecule has 3 rings (SSSR count). The average Bonchev–Trinajstić information content (AvgIpc) is 3.13. The average molecular weight is 475 g/mol. The van der Waals surface area contributed by atoms with E-state index in [0.717, 1.165) is 5.56 Å². The molecule has 0 bridgehead atoms. The van der Waals surface area contributed by atoms with E-state index in [9.17, 15) is 21.2 Å². The highest BCUT2D eigenvalue weighted by Gasteiger charge is 2.28. The van der Waals surface area contributed by atoms with Gasteiger partial charge in [0, 0.05) is 24.7 Å². The van der Waals surface area contributed by atoms with Gasteiger partial charge in [0.25, 0.3) is 0 Å². The Morgan fingerprint density at radius 2 is 1.80 bits per heavy atom. The van der Waals surface area contributed by atoms with E-state index in [1.165, 1.54) is 6.07 Å². The lowest BCUT2D eigenvalue weighted by Gasteiger charge is -2.21. The summed E-state index contributed by atoms with van der Waals surface area (Å²) < 4.78 is 66.2. The third-order valence-corrected chi connectivity index (χ3v) is 8.31. The molecule has 0 radical (unpaired) electrons. The number of nitrogens with one attached hydrogen (secondary N) is 1. The second kappa shape index (κ2) is 9.64. The monoisotopic (exact) mass is 474 g/mol. The topological polar surface area (TPSA) is 83.5 Å². The molecule has 6 nitrogen and oxygen atoms in total. The van der Waals surface area contributed by atoms with Crippen LogP contribution in [0.4, 0.5) is 10.1 Å². The summed E-state index contributed by atoms with van der Waals surface area (Å²) >= 11 is 5.98. The predicted octanol–water partition coefficient (Wildman–Crippen LogP) is 2.82. The van der Waals surface area contributed by atoms with Gasteiger partial charge in [0.2, 0.25) is 10.0 Å². The Morgan fingerprint density at radius 3 is 2.47 bits per heavy atom. The van der Waals surface area contributed by atoms with Crippen LogP contribution in [0.5, 0.6) is 0 Å². The standard InChI is InChI=1S/C20H24ClFN2O4S2/c21-17-6-7-19(24-11-8-18(22)15-24)20(14-17)30(27,28)23-10-13-29(25,26)12-9-16-4-2-1-3-5-16/h1-7,14,18,23H,8-13,15H2. The summed E-state index contributed by atoms with van der Waals surface area (Å²) in [6, 6.07) is 13.6. The van der Waals surface area contributed by atoms with E-state index in [1.807, 2.05) is 30.3 Å². The first kappa shape index (κ1) is 23.0. The molecule has 1 fully saturated rings. The highest BCUT2D eigenvalue weighted by molar-refractivity contribution is 7.91. The van der Waals surface area contributed by atoms with Crippen LogP contribution in [0, 0.1) is 0 Å². The van der Waals surface area contributed by atoms with E-state index in [0.29, 0.717) is 25.1 Å². The number of alkyl halides is 1. The number of hydrogen-bond donors (Lipinski definition) is 1. The number of nitrogens with zero attached hydrogens (tertiary/aromatic N) is 1. The second-order valence-corrected chi connectivity index (χ2v) is 11.7. The summed E-state index contributed by atoms with van der Waals surface area (Å²) in [5.74, 6) is -0.377. The number of anilines is 1. The van der Waals surface area contributed by atoms with Gasteiger partial charge in [-0.15, -0.1) is 0 Å². The first-order chi connectivity index (χ1) is 14.2. The summed E-state index contributed by atoms with van der Waals surface area (Å²) in [5, 5.41) is 0.227. The van der Waals surface area contributed by atoms with Gasteiger partial charge in [0.05, 0.1) is 17.2 Å². The van der Waals surface area contributed by atoms with Crippen molar-refractivity contribution in [2.75, 3.05) is 36.0 Å². The summed E-state index contributed by atoms with van der Waals surface area (Å²) in [7, 11) is -7.46. The smallest absolute Gasteiger partial charge is 0.242 e. The van der Waals surface area contributed by atoms with Gasteiger partial charge in [-0.1, -0.05) is 41.9 Å². The van der Waals surface area contributed by atoms with Crippen molar-refractivity contribution < 1.29 is 21.2 Å². The third kappa shape index (κ3) is 6.16. The van der Waals surface area contributed by atoms with Crippen molar-refractivity contribution in [2.45, 2.75) is 23.9 Å². The van der Waals surface area contributed by atoms with Gasteiger partial charge in [-0.3, -0.25) is 0 Å². The Balaban J connectivity index is 1.64. The minimum absolute atomic E-state index is 0.0627. The number of sulfonamides is 1. The van der Waals surface area contributed by atoms with Crippen LogP contribution in [-0.2, 0) is 26.3 Å². The normalized spacial score (nSPS) is 17.4. The molecule has 0 amide bonds. The molecule has 30 heavy (non-hydrogen) atoms. The van der Waals surface area contributed by atoms with Gasteiger partial charge in [0.15, 0.2) is 9.84 Å². The van der Waals surface area contributed by atoms with Crippen LogP contribution in [0.1, 0.15) is 12.0 Å². The molecule has 0 saturated carbocycles. The van der Waals surface area contributed by atoms with Crippen LogP contribution in [-0.4, -0.2) is 54.1 Å². The van der Waals surface area contributed by atoms with E-state index >= 15 is 0 Å². The number of hydrogen-bond acceptors (Lipinski definition) is 5. The lowest BCUT2D eigenvalue weighted by Crippen LogP contribution is -2.32. The van der Waals surface area contributed by atoms with Crippen molar-refractivity contribution >= 4 is 37.1 Å². The minimum atomic E-state index is -4.02. The molecular formula is C20H24ClFN2O4S2. The Hall–Kier alpha value is -1.68. The molecule has 2 aromatic carbocycles. The van der Waals surface area contributed by atoms with Gasteiger partial charge in [0.1, 0.15) is 11.1 Å². The zero-order valence-corrected chi connectivity index (χ0v) is 18.7. The van der Waals surface area contributed by atoms with Crippen molar-refractivity contribution in [2.24, 2.45) is 0 Å². The van der Waals surface area contributed by atoms with Gasteiger partial charge in [-0.2, -0.15) is 0 Å². The van der Waals surface area contributed by atoms with Crippen molar-refractivity contribution in [1.29, 1.82) is 0 Å². The molecule has 1 atom stereocenters. The largest absolute Gasteiger partial charge is 0.367 e. The number of halogens is 2. The summed E-state index contributed by atoms with van der Waals surface area (Å²) in [6.07, 6.45) is -0.318. The molecule has 1 aliphatic rings. The van der Waals surface area contributed by atoms with Crippen LogP contribution in [0.3, 0.4) is 0 Å². The molecule has 1 saturated heterocycles. The van der Waals surface area contributed by atoms with Crippen molar-refractivity contribution in [1.82, 2.24) is 4.72 Å². The highest BCUT2D eigenvalue weighted by atomic mass is 35.5. The number of sulfone groups is 1. The fraction of sp³-hybridized carbons (Fsp3) is 0.400. The lowest BCUT2D eigenvalue weighted by molar-refractivity contribution is 0.364. The van der Waals surface area contributed by atoms with Crippen LogP contribution in [0.25, 0.3) is 0 Å². The van der Waals surface area contributed by atoms with Crippen LogP contribution in [0.15, 0.2) is 53.4 Å². The van der Waals surface area contributed by atoms with Crippen molar-refractivity contribution in [3.05, 3.63) is 59.1 Å². The molecule has 2 aromatic rings. The molecule has 1 N–H and O–H groups in total. The molecule has 164 valence electrons. The number of benzene rings is 2. The van der Waals surface area contributed by atoms with Gasteiger partial charge in [-0.25, -0.2) is 25.9 Å². The predicted molar refractivity (Wildman–Crippen MR) is 117 cm³/mol. The second-order valence-electron chi connectivity index (χ2n) is 7.23. The molecule has 0 aromatic heterocycles. The molecule has 1 aliphatic heterocycles. The molecule has 10 heteroatoms. The van der Waals surface area contributed by atoms with E-state index < -0.39 is 26.0 Å². The maximum absolute atomic E-state index is 13.6. The van der Waals surface area contributed by atoms with Crippen molar-refractivity contribution in [3.8, 4) is 0 Å². The quantitative estimate of drug-likeness (QED) is 0.604. The van der Waals surface area contributed by atoms with Gasteiger partial charge >= 0.3 is 0 Å². The van der Waals surface area contributed by atoms with Gasteiger partial charge in [-0.05, 0) is 36.6 Å².